The third-order valence-electron chi connectivity index (χ3n) is 4.33. The van der Waals surface area contributed by atoms with E-state index >= 15 is 0 Å². The molecule has 2 rings (SSSR count). The summed E-state index contributed by atoms with van der Waals surface area (Å²) in [5.41, 5.74) is 0. The van der Waals surface area contributed by atoms with Gasteiger partial charge in [-0.15, -0.1) is 0 Å². The molecular weight excluding hydrogens is 196 g/mol. The summed E-state index contributed by atoms with van der Waals surface area (Å²) in [6.45, 7) is 3.74. The van der Waals surface area contributed by atoms with Gasteiger partial charge in [-0.3, -0.25) is 0 Å². The first-order valence-corrected chi connectivity index (χ1v) is 7.26. The maximum Gasteiger partial charge on any atom is 0.0104 e. The van der Waals surface area contributed by atoms with Crippen molar-refractivity contribution in [3.8, 4) is 0 Å². The van der Waals surface area contributed by atoms with Gasteiger partial charge in [-0.05, 0) is 38.6 Å². The summed E-state index contributed by atoms with van der Waals surface area (Å²) in [5, 5.41) is 3.72. The second kappa shape index (κ2) is 6.61. The lowest BCUT2D eigenvalue weighted by Crippen LogP contribution is -2.39. The molecule has 94 valence electrons. The van der Waals surface area contributed by atoms with Crippen LogP contribution in [-0.4, -0.2) is 37.6 Å². The summed E-state index contributed by atoms with van der Waals surface area (Å²) in [5.74, 6) is 1.01. The summed E-state index contributed by atoms with van der Waals surface area (Å²) in [4.78, 5) is 2.51. The standard InChI is InChI=1S/C14H28N2/c1-16(12-13-6-5-7-13)11-10-15-14-8-3-2-4-9-14/h13-15H,2-12H2,1H3. The van der Waals surface area contributed by atoms with Crippen LogP contribution in [0.2, 0.25) is 0 Å². The fraction of sp³-hybridized carbons (Fsp3) is 1.00. The van der Waals surface area contributed by atoms with Gasteiger partial charge < -0.3 is 10.2 Å². The Balaban J connectivity index is 1.49. The molecule has 16 heavy (non-hydrogen) atoms. The van der Waals surface area contributed by atoms with Crippen molar-refractivity contribution in [3.63, 3.8) is 0 Å². The molecular formula is C14H28N2. The molecule has 2 aliphatic carbocycles. The third-order valence-corrected chi connectivity index (χ3v) is 4.33. The topological polar surface area (TPSA) is 15.3 Å². The van der Waals surface area contributed by atoms with Crippen LogP contribution < -0.4 is 5.32 Å². The van der Waals surface area contributed by atoms with E-state index in [0.717, 1.165) is 12.0 Å². The number of likely N-dealkylation sites (N-methyl/N-ethyl adjacent to an activating group) is 1. The Kier molecular flexibility index (Phi) is 5.11. The first kappa shape index (κ1) is 12.4. The number of hydrogen-bond acceptors (Lipinski definition) is 2. The van der Waals surface area contributed by atoms with E-state index in [1.54, 1.807) is 0 Å². The molecule has 1 N–H and O–H groups in total. The van der Waals surface area contributed by atoms with Crippen LogP contribution in [0.25, 0.3) is 0 Å². The van der Waals surface area contributed by atoms with Crippen molar-refractivity contribution in [1.29, 1.82) is 0 Å². The van der Waals surface area contributed by atoms with Crippen molar-refractivity contribution in [1.82, 2.24) is 10.2 Å². The van der Waals surface area contributed by atoms with Gasteiger partial charge in [0, 0.05) is 25.7 Å². The molecule has 0 atom stereocenters. The van der Waals surface area contributed by atoms with Crippen molar-refractivity contribution in [2.24, 2.45) is 5.92 Å². The van der Waals surface area contributed by atoms with Gasteiger partial charge in [0.2, 0.25) is 0 Å². The lowest BCUT2D eigenvalue weighted by Gasteiger charge is -2.30. The van der Waals surface area contributed by atoms with Gasteiger partial charge in [0.15, 0.2) is 0 Å². The van der Waals surface area contributed by atoms with E-state index in [1.807, 2.05) is 0 Å². The van der Waals surface area contributed by atoms with Crippen LogP contribution in [0.3, 0.4) is 0 Å². The third kappa shape index (κ3) is 4.06. The molecule has 0 aromatic carbocycles. The van der Waals surface area contributed by atoms with Crippen molar-refractivity contribution in [2.45, 2.75) is 57.4 Å². The number of nitrogens with zero attached hydrogens (tertiary/aromatic N) is 1. The molecule has 2 saturated carbocycles. The number of rotatable bonds is 6. The van der Waals surface area contributed by atoms with Gasteiger partial charge in [-0.1, -0.05) is 25.7 Å². The first-order valence-electron chi connectivity index (χ1n) is 7.26. The Labute approximate surface area is 101 Å². The van der Waals surface area contributed by atoms with Crippen molar-refractivity contribution < 1.29 is 0 Å². The fourth-order valence-electron chi connectivity index (χ4n) is 2.97. The van der Waals surface area contributed by atoms with Crippen molar-refractivity contribution >= 4 is 0 Å². The summed E-state index contributed by atoms with van der Waals surface area (Å²) in [6, 6.07) is 0.825. The first-order chi connectivity index (χ1) is 7.84. The average molecular weight is 224 g/mol. The highest BCUT2D eigenvalue weighted by atomic mass is 15.1. The second-order valence-corrected chi connectivity index (χ2v) is 5.85. The lowest BCUT2D eigenvalue weighted by atomic mass is 9.85. The predicted molar refractivity (Wildman–Crippen MR) is 69.7 cm³/mol. The van der Waals surface area contributed by atoms with Crippen LogP contribution in [-0.2, 0) is 0 Å². The van der Waals surface area contributed by atoms with Gasteiger partial charge >= 0.3 is 0 Å². The van der Waals surface area contributed by atoms with Crippen LogP contribution in [0.4, 0.5) is 0 Å². The summed E-state index contributed by atoms with van der Waals surface area (Å²) >= 11 is 0. The molecule has 0 spiro atoms. The maximum absolute atomic E-state index is 3.72. The fourth-order valence-corrected chi connectivity index (χ4v) is 2.97. The Bertz CT molecular complexity index is 183. The monoisotopic (exact) mass is 224 g/mol. The molecule has 0 aromatic heterocycles. The van der Waals surface area contributed by atoms with E-state index in [-0.39, 0.29) is 0 Å². The Morgan fingerprint density at radius 1 is 1.00 bits per heavy atom. The molecule has 2 nitrogen and oxygen atoms in total. The highest BCUT2D eigenvalue weighted by Gasteiger charge is 2.19. The quantitative estimate of drug-likeness (QED) is 0.746. The molecule has 0 aromatic rings. The minimum absolute atomic E-state index is 0.825. The van der Waals surface area contributed by atoms with Gasteiger partial charge in [0.1, 0.15) is 0 Å². The van der Waals surface area contributed by atoms with E-state index in [4.69, 9.17) is 0 Å². The smallest absolute Gasteiger partial charge is 0.0104 e. The Morgan fingerprint density at radius 3 is 2.38 bits per heavy atom. The van der Waals surface area contributed by atoms with Crippen LogP contribution >= 0.6 is 0 Å². The molecule has 0 amide bonds. The minimum atomic E-state index is 0.825. The molecule has 2 heteroatoms. The van der Waals surface area contributed by atoms with E-state index < -0.39 is 0 Å². The van der Waals surface area contributed by atoms with E-state index in [1.165, 1.54) is 71.0 Å². The minimum Gasteiger partial charge on any atom is -0.313 e. The van der Waals surface area contributed by atoms with Crippen LogP contribution in [0.5, 0.6) is 0 Å². The predicted octanol–water partition coefficient (Wildman–Crippen LogP) is 2.64. The Morgan fingerprint density at radius 2 is 1.75 bits per heavy atom. The molecule has 0 bridgehead atoms. The summed E-state index contributed by atoms with van der Waals surface area (Å²) in [7, 11) is 2.28. The van der Waals surface area contributed by atoms with Gasteiger partial charge in [-0.25, -0.2) is 0 Å². The van der Waals surface area contributed by atoms with Crippen molar-refractivity contribution in [3.05, 3.63) is 0 Å². The summed E-state index contributed by atoms with van der Waals surface area (Å²) in [6.07, 6.45) is 11.6. The van der Waals surface area contributed by atoms with E-state index in [2.05, 4.69) is 17.3 Å². The highest BCUT2D eigenvalue weighted by Crippen LogP contribution is 2.26. The zero-order valence-corrected chi connectivity index (χ0v) is 10.9. The van der Waals surface area contributed by atoms with Crippen LogP contribution in [0.15, 0.2) is 0 Å². The van der Waals surface area contributed by atoms with Gasteiger partial charge in [0.05, 0.1) is 0 Å². The van der Waals surface area contributed by atoms with Crippen LogP contribution in [0.1, 0.15) is 51.4 Å². The Hall–Kier alpha value is -0.0800. The number of nitrogens with one attached hydrogen (secondary N) is 1. The molecule has 0 aliphatic heterocycles. The zero-order valence-electron chi connectivity index (χ0n) is 10.9. The van der Waals surface area contributed by atoms with Gasteiger partial charge in [0.25, 0.3) is 0 Å². The van der Waals surface area contributed by atoms with Crippen LogP contribution in [0, 0.1) is 5.92 Å². The van der Waals surface area contributed by atoms with E-state index in [9.17, 15) is 0 Å². The lowest BCUT2D eigenvalue weighted by molar-refractivity contribution is 0.202. The molecule has 0 heterocycles. The molecule has 2 aliphatic rings. The second-order valence-electron chi connectivity index (χ2n) is 5.85. The largest absolute Gasteiger partial charge is 0.313 e. The normalized spacial score (nSPS) is 23.6. The SMILES string of the molecule is CN(CCNC1CCCCC1)CC1CCC1. The molecule has 0 unspecified atom stereocenters. The maximum atomic E-state index is 3.72. The summed E-state index contributed by atoms with van der Waals surface area (Å²) < 4.78 is 0. The molecule has 0 radical (unpaired) electrons. The highest BCUT2D eigenvalue weighted by molar-refractivity contribution is 4.74. The average Bonchev–Trinajstić information content (AvgIpc) is 2.25. The number of hydrogen-bond donors (Lipinski definition) is 1. The van der Waals surface area contributed by atoms with E-state index in [0.29, 0.717) is 0 Å². The van der Waals surface area contributed by atoms with Crippen molar-refractivity contribution in [2.75, 3.05) is 26.7 Å². The molecule has 0 saturated heterocycles. The van der Waals surface area contributed by atoms with Gasteiger partial charge in [-0.2, -0.15) is 0 Å². The zero-order chi connectivity index (χ0) is 11.2. The molecule has 2 fully saturated rings.